The first-order chi connectivity index (χ1) is 12.2. The number of halogens is 2. The Morgan fingerprint density at radius 1 is 1.31 bits per heavy atom. The molecule has 1 heterocycles. The van der Waals surface area contributed by atoms with Crippen LogP contribution in [0.2, 0.25) is 5.02 Å². The summed E-state index contributed by atoms with van der Waals surface area (Å²) in [4.78, 5) is 26.1. The quantitative estimate of drug-likeness (QED) is 0.747. The summed E-state index contributed by atoms with van der Waals surface area (Å²) in [6, 6.07) is 5.55. The second-order valence-electron chi connectivity index (χ2n) is 7.60. The minimum atomic E-state index is -0.492. The zero-order chi connectivity index (χ0) is 19.3. The monoisotopic (exact) mass is 444 g/mol. The van der Waals surface area contributed by atoms with E-state index in [0.29, 0.717) is 37.0 Å². The fourth-order valence-electron chi connectivity index (χ4n) is 2.89. The van der Waals surface area contributed by atoms with E-state index in [1.165, 1.54) is 0 Å². The van der Waals surface area contributed by atoms with Gasteiger partial charge in [-0.3, -0.25) is 4.79 Å². The van der Waals surface area contributed by atoms with Crippen LogP contribution < -0.4 is 5.32 Å². The first kappa shape index (κ1) is 21.0. The minimum absolute atomic E-state index is 0.103. The molecule has 5 nitrogen and oxygen atoms in total. The first-order valence-corrected chi connectivity index (χ1v) is 10.0. The van der Waals surface area contributed by atoms with Crippen molar-refractivity contribution in [1.82, 2.24) is 10.2 Å². The predicted molar refractivity (Wildman–Crippen MR) is 106 cm³/mol. The van der Waals surface area contributed by atoms with E-state index in [9.17, 15) is 9.59 Å². The van der Waals surface area contributed by atoms with Gasteiger partial charge in [-0.25, -0.2) is 4.79 Å². The number of carbonyl (C=O) groups excluding carboxylic acids is 2. The topological polar surface area (TPSA) is 58.6 Å². The molecule has 2 amide bonds. The van der Waals surface area contributed by atoms with E-state index < -0.39 is 5.60 Å². The van der Waals surface area contributed by atoms with Crippen LogP contribution in [0, 0.1) is 5.92 Å². The van der Waals surface area contributed by atoms with Crippen molar-refractivity contribution in [2.45, 2.75) is 45.6 Å². The van der Waals surface area contributed by atoms with Crippen LogP contribution in [0.4, 0.5) is 4.79 Å². The molecule has 1 saturated heterocycles. The van der Waals surface area contributed by atoms with E-state index in [0.717, 1.165) is 22.9 Å². The number of hydrogen-bond acceptors (Lipinski definition) is 3. The smallest absolute Gasteiger partial charge is 0.407 e. The molecule has 1 aromatic carbocycles. The third-order valence-corrected chi connectivity index (χ3v) is 5.75. The lowest BCUT2D eigenvalue weighted by Crippen LogP contribution is -2.42. The van der Waals surface area contributed by atoms with Crippen molar-refractivity contribution < 1.29 is 14.3 Å². The molecule has 1 fully saturated rings. The van der Waals surface area contributed by atoms with E-state index in [4.69, 9.17) is 16.3 Å². The minimum Gasteiger partial charge on any atom is -0.444 e. The van der Waals surface area contributed by atoms with E-state index in [-0.39, 0.29) is 12.0 Å². The van der Waals surface area contributed by atoms with E-state index >= 15 is 0 Å². The highest BCUT2D eigenvalue weighted by Crippen LogP contribution is 2.27. The van der Waals surface area contributed by atoms with Gasteiger partial charge in [0.05, 0.1) is 11.4 Å². The van der Waals surface area contributed by atoms with Crippen molar-refractivity contribution in [2.75, 3.05) is 19.6 Å². The lowest BCUT2D eigenvalue weighted by molar-refractivity contribution is -0.131. The van der Waals surface area contributed by atoms with Crippen LogP contribution in [-0.4, -0.2) is 42.1 Å². The number of nitrogens with one attached hydrogen (secondary N) is 1. The van der Waals surface area contributed by atoms with Gasteiger partial charge in [0.25, 0.3) is 0 Å². The average Bonchev–Trinajstić information content (AvgIpc) is 2.56. The summed E-state index contributed by atoms with van der Waals surface area (Å²) in [5.74, 6) is 0.469. The number of rotatable bonds is 4. The second-order valence-corrected chi connectivity index (χ2v) is 8.80. The zero-order valence-electron chi connectivity index (χ0n) is 15.5. The van der Waals surface area contributed by atoms with E-state index in [1.54, 1.807) is 6.07 Å². The molecule has 0 aromatic heterocycles. The number of benzene rings is 1. The average molecular weight is 446 g/mol. The highest BCUT2D eigenvalue weighted by molar-refractivity contribution is 9.10. The van der Waals surface area contributed by atoms with Crippen LogP contribution in [0.25, 0.3) is 0 Å². The summed E-state index contributed by atoms with van der Waals surface area (Å²) in [5.41, 5.74) is 0.408. The largest absolute Gasteiger partial charge is 0.444 e. The van der Waals surface area contributed by atoms with Gasteiger partial charge in [0, 0.05) is 24.1 Å². The molecule has 0 radical (unpaired) electrons. The molecular weight excluding hydrogens is 420 g/mol. The lowest BCUT2D eigenvalue weighted by atomic mass is 9.96. The zero-order valence-corrected chi connectivity index (χ0v) is 17.8. The Morgan fingerprint density at radius 2 is 1.96 bits per heavy atom. The van der Waals surface area contributed by atoms with Crippen molar-refractivity contribution in [3.05, 3.63) is 33.3 Å². The Labute approximate surface area is 168 Å². The molecule has 0 bridgehead atoms. The molecule has 0 aliphatic carbocycles. The Balaban J connectivity index is 1.76. The van der Waals surface area contributed by atoms with Gasteiger partial charge in [-0.05, 0) is 67.1 Å². The highest BCUT2D eigenvalue weighted by Gasteiger charge is 2.24. The Hall–Kier alpha value is -1.27. The fourth-order valence-corrected chi connectivity index (χ4v) is 3.49. The normalized spacial score (nSPS) is 15.7. The van der Waals surface area contributed by atoms with Crippen LogP contribution in [0.3, 0.4) is 0 Å². The van der Waals surface area contributed by atoms with Gasteiger partial charge in [-0.15, -0.1) is 0 Å². The van der Waals surface area contributed by atoms with Crippen LogP contribution in [0.1, 0.15) is 39.2 Å². The summed E-state index contributed by atoms with van der Waals surface area (Å²) in [5, 5.41) is 3.43. The van der Waals surface area contributed by atoms with Crippen LogP contribution >= 0.6 is 27.5 Å². The molecule has 0 atom stereocenters. The van der Waals surface area contributed by atoms with Crippen molar-refractivity contribution in [1.29, 1.82) is 0 Å². The highest BCUT2D eigenvalue weighted by atomic mass is 79.9. The number of likely N-dealkylation sites (tertiary alicyclic amines) is 1. The molecule has 1 aromatic rings. The summed E-state index contributed by atoms with van der Waals surface area (Å²) in [6.07, 6.45) is 1.69. The van der Waals surface area contributed by atoms with Gasteiger partial charge in [0.15, 0.2) is 0 Å². The second kappa shape index (κ2) is 9.09. The molecule has 0 unspecified atom stereocenters. The molecule has 1 N–H and O–H groups in total. The van der Waals surface area contributed by atoms with E-state index in [2.05, 4.69) is 21.2 Å². The van der Waals surface area contributed by atoms with Crippen molar-refractivity contribution >= 4 is 39.5 Å². The molecular formula is C19H26BrClN2O3. The van der Waals surface area contributed by atoms with E-state index in [1.807, 2.05) is 37.8 Å². The Morgan fingerprint density at radius 3 is 2.58 bits per heavy atom. The summed E-state index contributed by atoms with van der Waals surface area (Å²) >= 11 is 9.53. The van der Waals surface area contributed by atoms with Gasteiger partial charge >= 0.3 is 6.09 Å². The number of amides is 2. The van der Waals surface area contributed by atoms with Gasteiger partial charge < -0.3 is 15.0 Å². The summed E-state index contributed by atoms with van der Waals surface area (Å²) in [6.45, 7) is 7.52. The molecule has 0 spiro atoms. The number of carbonyl (C=O) groups is 2. The summed E-state index contributed by atoms with van der Waals surface area (Å²) < 4.78 is 6.03. The molecule has 26 heavy (non-hydrogen) atoms. The fraction of sp³-hybridized carbons (Fsp3) is 0.579. The van der Waals surface area contributed by atoms with Gasteiger partial charge in [0.2, 0.25) is 5.91 Å². The Kier molecular flexibility index (Phi) is 7.35. The van der Waals surface area contributed by atoms with Gasteiger partial charge in [-0.2, -0.15) is 0 Å². The van der Waals surface area contributed by atoms with Crippen molar-refractivity contribution in [2.24, 2.45) is 5.92 Å². The molecule has 1 aliphatic heterocycles. The third kappa shape index (κ3) is 6.47. The molecule has 0 saturated carbocycles. The molecule has 7 heteroatoms. The third-order valence-electron chi connectivity index (χ3n) is 4.27. The molecule has 144 valence electrons. The number of hydrogen-bond donors (Lipinski definition) is 1. The van der Waals surface area contributed by atoms with Crippen molar-refractivity contribution in [3.8, 4) is 0 Å². The number of ether oxygens (including phenoxy) is 1. The predicted octanol–water partition coefficient (Wildman–Crippen LogP) is 4.41. The Bertz CT molecular complexity index is 653. The maximum absolute atomic E-state index is 12.5. The number of nitrogens with zero attached hydrogens (tertiary/aromatic N) is 1. The molecule has 2 rings (SSSR count). The van der Waals surface area contributed by atoms with Crippen LogP contribution in [0.15, 0.2) is 22.7 Å². The standard InChI is InChI=1S/C19H26BrClN2O3/c1-19(2,3)26-18(25)22-12-13-7-9-23(10-8-13)16(24)11-14-5-4-6-15(21)17(14)20/h4-6,13H,7-12H2,1-3H3,(H,22,25). The first-order valence-electron chi connectivity index (χ1n) is 8.83. The SMILES string of the molecule is CC(C)(C)OC(=O)NCC1CCN(C(=O)Cc2cccc(Cl)c2Br)CC1. The van der Waals surface area contributed by atoms with Crippen molar-refractivity contribution in [3.63, 3.8) is 0 Å². The summed E-state index contributed by atoms with van der Waals surface area (Å²) in [7, 11) is 0. The maximum atomic E-state index is 12.5. The maximum Gasteiger partial charge on any atom is 0.407 e. The van der Waals surface area contributed by atoms with Crippen LogP contribution in [-0.2, 0) is 16.0 Å². The van der Waals surface area contributed by atoms with Crippen LogP contribution in [0.5, 0.6) is 0 Å². The lowest BCUT2D eigenvalue weighted by Gasteiger charge is -2.32. The number of alkyl carbamates (subject to hydrolysis) is 1. The molecule has 1 aliphatic rings. The number of piperidine rings is 1. The van der Waals surface area contributed by atoms with Gasteiger partial charge in [-0.1, -0.05) is 23.7 Å². The van der Waals surface area contributed by atoms with Gasteiger partial charge in [0.1, 0.15) is 5.60 Å².